The maximum atomic E-state index is 6.58. The highest BCUT2D eigenvalue weighted by atomic mass is 16.5. The first kappa shape index (κ1) is 14.9. The van der Waals surface area contributed by atoms with Crippen LogP contribution in [0.3, 0.4) is 0 Å². The average molecular weight is 288 g/mol. The highest BCUT2D eigenvalue weighted by Crippen LogP contribution is 2.38. The van der Waals surface area contributed by atoms with E-state index in [1.807, 2.05) is 0 Å². The van der Waals surface area contributed by atoms with Crippen molar-refractivity contribution in [2.45, 2.75) is 52.1 Å². The molecule has 3 unspecified atom stereocenters. The molecule has 2 N–H and O–H groups in total. The number of ether oxygens (including phenoxy) is 1. The summed E-state index contributed by atoms with van der Waals surface area (Å²) in [6.07, 6.45) is 4.01. The van der Waals surface area contributed by atoms with E-state index in [-0.39, 0.29) is 6.04 Å². The Bertz CT molecular complexity index is 514. The molecule has 1 aromatic carbocycles. The minimum Gasteiger partial charge on any atom is -0.493 e. The summed E-state index contributed by atoms with van der Waals surface area (Å²) >= 11 is 0. The van der Waals surface area contributed by atoms with Gasteiger partial charge in [0.2, 0.25) is 0 Å². The normalized spacial score (nSPS) is 29.8. The lowest BCUT2D eigenvalue weighted by molar-refractivity contribution is 0.0937. The molecule has 21 heavy (non-hydrogen) atoms. The Labute approximate surface area is 128 Å². The van der Waals surface area contributed by atoms with E-state index in [0.29, 0.717) is 12.0 Å². The summed E-state index contributed by atoms with van der Waals surface area (Å²) in [5.41, 5.74) is 10.3. The summed E-state index contributed by atoms with van der Waals surface area (Å²) in [7, 11) is 0. The molecular formula is C18H28N2O. The highest BCUT2D eigenvalue weighted by molar-refractivity contribution is 5.46. The molecule has 0 aliphatic carbocycles. The fourth-order valence-corrected chi connectivity index (χ4v) is 3.88. The fraction of sp³-hybridized carbons (Fsp3) is 0.667. The van der Waals surface area contributed by atoms with Gasteiger partial charge < -0.3 is 15.4 Å². The molecule has 3 atom stereocenters. The molecule has 0 spiro atoms. The predicted molar refractivity (Wildman–Crippen MR) is 86.7 cm³/mol. The molecular weight excluding hydrogens is 260 g/mol. The van der Waals surface area contributed by atoms with E-state index in [9.17, 15) is 0 Å². The minimum atomic E-state index is 0.0986. The number of hydrogen-bond donors (Lipinski definition) is 1. The van der Waals surface area contributed by atoms with E-state index < -0.39 is 0 Å². The molecule has 1 fully saturated rings. The van der Waals surface area contributed by atoms with Gasteiger partial charge in [0.15, 0.2) is 0 Å². The first-order valence-corrected chi connectivity index (χ1v) is 8.30. The van der Waals surface area contributed by atoms with Crippen LogP contribution >= 0.6 is 0 Å². The van der Waals surface area contributed by atoms with Crippen LogP contribution in [0.4, 0.5) is 0 Å². The van der Waals surface area contributed by atoms with Crippen molar-refractivity contribution in [3.8, 4) is 5.75 Å². The van der Waals surface area contributed by atoms with Gasteiger partial charge in [-0.1, -0.05) is 24.1 Å². The summed E-state index contributed by atoms with van der Waals surface area (Å²) in [6, 6.07) is 5.17. The van der Waals surface area contributed by atoms with Gasteiger partial charge in [0.25, 0.3) is 0 Å². The van der Waals surface area contributed by atoms with E-state index in [0.717, 1.165) is 18.9 Å². The third kappa shape index (κ3) is 2.95. The molecule has 116 valence electrons. The fourth-order valence-electron chi connectivity index (χ4n) is 3.88. The van der Waals surface area contributed by atoms with Gasteiger partial charge in [0, 0.05) is 30.1 Å². The summed E-state index contributed by atoms with van der Waals surface area (Å²) in [5, 5.41) is 0. The molecule has 0 amide bonds. The number of benzene rings is 1. The van der Waals surface area contributed by atoms with Crippen LogP contribution in [-0.2, 0) is 0 Å². The smallest absolute Gasteiger partial charge is 0.127 e. The summed E-state index contributed by atoms with van der Waals surface area (Å²) in [5.74, 6) is 1.43. The zero-order valence-corrected chi connectivity index (χ0v) is 13.6. The number of piperidine rings is 1. The second-order valence-electron chi connectivity index (χ2n) is 6.94. The number of aryl methyl sites for hydroxylation is 2. The van der Waals surface area contributed by atoms with Crippen LogP contribution in [0.15, 0.2) is 12.1 Å². The Morgan fingerprint density at radius 1 is 1.29 bits per heavy atom. The lowest BCUT2D eigenvalue weighted by Gasteiger charge is -2.39. The molecule has 0 aromatic heterocycles. The first-order chi connectivity index (χ1) is 10.1. The molecule has 3 nitrogen and oxygen atoms in total. The second-order valence-corrected chi connectivity index (χ2v) is 6.94. The lowest BCUT2D eigenvalue weighted by Crippen LogP contribution is -2.45. The topological polar surface area (TPSA) is 38.5 Å². The van der Waals surface area contributed by atoms with Gasteiger partial charge in [-0.15, -0.1) is 0 Å². The van der Waals surface area contributed by atoms with E-state index >= 15 is 0 Å². The summed E-state index contributed by atoms with van der Waals surface area (Å²) < 4.78 is 6.06. The molecule has 2 aliphatic heterocycles. The van der Waals surface area contributed by atoms with Crippen molar-refractivity contribution in [1.29, 1.82) is 0 Å². The Morgan fingerprint density at radius 3 is 2.86 bits per heavy atom. The van der Waals surface area contributed by atoms with E-state index in [4.69, 9.17) is 10.5 Å². The van der Waals surface area contributed by atoms with Gasteiger partial charge in [-0.05, 0) is 45.7 Å². The van der Waals surface area contributed by atoms with Gasteiger partial charge >= 0.3 is 0 Å². The molecule has 0 saturated carbocycles. The molecule has 3 rings (SSSR count). The van der Waals surface area contributed by atoms with Crippen LogP contribution in [0, 0.1) is 19.8 Å². The van der Waals surface area contributed by atoms with Crippen molar-refractivity contribution < 1.29 is 4.74 Å². The van der Waals surface area contributed by atoms with E-state index in [2.05, 4.69) is 37.8 Å². The molecule has 0 bridgehead atoms. The van der Waals surface area contributed by atoms with Crippen LogP contribution in [0.25, 0.3) is 0 Å². The third-order valence-corrected chi connectivity index (χ3v) is 5.17. The van der Waals surface area contributed by atoms with Crippen LogP contribution in [0.2, 0.25) is 0 Å². The van der Waals surface area contributed by atoms with Crippen molar-refractivity contribution in [2.24, 2.45) is 11.7 Å². The minimum absolute atomic E-state index is 0.0986. The van der Waals surface area contributed by atoms with Gasteiger partial charge in [-0.3, -0.25) is 0 Å². The van der Waals surface area contributed by atoms with Crippen molar-refractivity contribution in [3.63, 3.8) is 0 Å². The van der Waals surface area contributed by atoms with Gasteiger partial charge in [-0.25, -0.2) is 0 Å². The number of nitrogens with two attached hydrogens (primary N) is 1. The van der Waals surface area contributed by atoms with E-state index in [1.165, 1.54) is 42.5 Å². The molecule has 1 saturated heterocycles. The Hall–Kier alpha value is -1.06. The Kier molecular flexibility index (Phi) is 4.23. The zero-order valence-electron chi connectivity index (χ0n) is 13.6. The van der Waals surface area contributed by atoms with Crippen molar-refractivity contribution in [2.75, 3.05) is 19.7 Å². The third-order valence-electron chi connectivity index (χ3n) is 5.17. The first-order valence-electron chi connectivity index (χ1n) is 8.30. The SMILES string of the molecule is Cc1cc(C)c2c(c1)C(N)C(CN1CCCCC1C)CO2. The maximum Gasteiger partial charge on any atom is 0.127 e. The molecule has 3 heteroatoms. The number of fused-ring (bicyclic) bond motifs is 1. The number of likely N-dealkylation sites (tertiary alicyclic amines) is 1. The van der Waals surface area contributed by atoms with Crippen molar-refractivity contribution in [3.05, 3.63) is 28.8 Å². The maximum absolute atomic E-state index is 6.58. The Morgan fingerprint density at radius 2 is 2.10 bits per heavy atom. The monoisotopic (exact) mass is 288 g/mol. The average Bonchev–Trinajstić information content (AvgIpc) is 2.44. The highest BCUT2D eigenvalue weighted by Gasteiger charge is 2.32. The molecule has 0 radical (unpaired) electrons. The van der Waals surface area contributed by atoms with Gasteiger partial charge in [-0.2, -0.15) is 0 Å². The summed E-state index contributed by atoms with van der Waals surface area (Å²) in [6.45, 7) is 9.62. The zero-order chi connectivity index (χ0) is 15.0. The molecule has 2 heterocycles. The van der Waals surface area contributed by atoms with Crippen LogP contribution in [0.5, 0.6) is 5.75 Å². The lowest BCUT2D eigenvalue weighted by atomic mass is 9.87. The number of hydrogen-bond acceptors (Lipinski definition) is 3. The predicted octanol–water partition coefficient (Wildman–Crippen LogP) is 3.19. The number of nitrogens with zero attached hydrogens (tertiary/aromatic N) is 1. The second kappa shape index (κ2) is 5.98. The molecule has 2 aliphatic rings. The quantitative estimate of drug-likeness (QED) is 0.908. The summed E-state index contributed by atoms with van der Waals surface area (Å²) in [4.78, 5) is 2.60. The van der Waals surface area contributed by atoms with Crippen LogP contribution in [-0.4, -0.2) is 30.6 Å². The van der Waals surface area contributed by atoms with E-state index in [1.54, 1.807) is 0 Å². The van der Waals surface area contributed by atoms with Gasteiger partial charge in [0.1, 0.15) is 5.75 Å². The standard InChI is InChI=1S/C18H28N2O/c1-12-8-13(2)18-16(9-12)17(19)15(11-21-18)10-20-7-5-4-6-14(20)3/h8-9,14-15,17H,4-7,10-11,19H2,1-3H3. The van der Waals surface area contributed by atoms with Crippen molar-refractivity contribution in [1.82, 2.24) is 4.90 Å². The number of rotatable bonds is 2. The van der Waals surface area contributed by atoms with Crippen LogP contribution < -0.4 is 10.5 Å². The molecule has 1 aromatic rings. The van der Waals surface area contributed by atoms with Crippen molar-refractivity contribution >= 4 is 0 Å². The largest absolute Gasteiger partial charge is 0.493 e. The Balaban J connectivity index is 1.77. The van der Waals surface area contributed by atoms with Gasteiger partial charge in [0.05, 0.1) is 6.61 Å². The van der Waals surface area contributed by atoms with Crippen LogP contribution in [0.1, 0.15) is 48.9 Å².